The van der Waals surface area contributed by atoms with Crippen molar-refractivity contribution in [3.8, 4) is 0 Å². The van der Waals surface area contributed by atoms with Crippen LogP contribution in [0.4, 0.5) is 9.18 Å². The van der Waals surface area contributed by atoms with Crippen LogP contribution in [-0.2, 0) is 9.53 Å². The van der Waals surface area contributed by atoms with Crippen molar-refractivity contribution in [2.75, 3.05) is 6.54 Å². The number of ether oxygens (including phenoxy) is 1. The number of aliphatic carboxylic acids is 1. The summed E-state index contributed by atoms with van der Waals surface area (Å²) in [7, 11) is 0. The minimum atomic E-state index is -1.49. The first kappa shape index (κ1) is 19.9. The molecule has 126 valence electrons. The SMILES string of the molecule is CC(N)=NCCC/C(F)=C\[C@H](NC(=O)OC(C)(C)C)C(=O)O. The topological polar surface area (TPSA) is 114 Å². The molecule has 0 fully saturated rings. The highest BCUT2D eigenvalue weighted by atomic mass is 19.1. The van der Waals surface area contributed by atoms with Crippen LogP contribution in [0, 0.1) is 0 Å². The molecule has 0 spiro atoms. The highest BCUT2D eigenvalue weighted by Gasteiger charge is 2.22. The lowest BCUT2D eigenvalue weighted by Crippen LogP contribution is -2.42. The van der Waals surface area contributed by atoms with Gasteiger partial charge in [0.15, 0.2) is 6.04 Å². The molecule has 0 saturated carbocycles. The predicted octanol–water partition coefficient (Wildman–Crippen LogP) is 1.98. The predicted molar refractivity (Wildman–Crippen MR) is 81.4 cm³/mol. The van der Waals surface area contributed by atoms with Crippen molar-refractivity contribution in [2.45, 2.75) is 52.2 Å². The summed E-state index contributed by atoms with van der Waals surface area (Å²) >= 11 is 0. The molecule has 0 saturated heterocycles. The van der Waals surface area contributed by atoms with Gasteiger partial charge in [0.25, 0.3) is 0 Å². The van der Waals surface area contributed by atoms with E-state index in [1.807, 2.05) is 0 Å². The molecule has 0 aromatic rings. The van der Waals surface area contributed by atoms with Crippen molar-refractivity contribution in [1.29, 1.82) is 0 Å². The van der Waals surface area contributed by atoms with E-state index >= 15 is 0 Å². The Kier molecular flexibility index (Phi) is 8.14. The number of amidine groups is 1. The average molecular weight is 317 g/mol. The highest BCUT2D eigenvalue weighted by molar-refractivity contribution is 5.82. The smallest absolute Gasteiger partial charge is 0.408 e. The second kappa shape index (κ2) is 9.01. The van der Waals surface area contributed by atoms with Gasteiger partial charge in [0.05, 0.1) is 11.7 Å². The zero-order valence-electron chi connectivity index (χ0n) is 13.4. The van der Waals surface area contributed by atoms with Gasteiger partial charge in [0, 0.05) is 13.0 Å². The minimum Gasteiger partial charge on any atom is -0.479 e. The van der Waals surface area contributed by atoms with Gasteiger partial charge >= 0.3 is 12.1 Å². The lowest BCUT2D eigenvalue weighted by Gasteiger charge is -2.21. The summed E-state index contributed by atoms with van der Waals surface area (Å²) in [5, 5.41) is 11.1. The number of halogens is 1. The van der Waals surface area contributed by atoms with Crippen LogP contribution in [0.15, 0.2) is 16.9 Å². The molecule has 0 aromatic heterocycles. The standard InChI is InChI=1S/C14H24FN3O4/c1-9(16)17-7-5-6-10(15)8-11(12(19)20)18-13(21)22-14(2,3)4/h8,11H,5-7H2,1-4H3,(H2,16,17)(H,18,21)(H,19,20)/b10-8+/t11-/m0/s1. The molecule has 0 unspecified atom stereocenters. The number of carbonyl (C=O) groups excluding carboxylic acids is 1. The van der Waals surface area contributed by atoms with Crippen molar-refractivity contribution in [2.24, 2.45) is 10.7 Å². The molecule has 0 aromatic carbocycles. The Bertz CT molecular complexity index is 451. The van der Waals surface area contributed by atoms with Crippen molar-refractivity contribution in [3.05, 3.63) is 11.9 Å². The third kappa shape index (κ3) is 10.6. The second-order valence-corrected chi connectivity index (χ2v) is 5.70. The first-order valence-corrected chi connectivity index (χ1v) is 6.86. The largest absolute Gasteiger partial charge is 0.479 e. The van der Waals surface area contributed by atoms with E-state index in [1.165, 1.54) is 0 Å². The number of carboxylic acid groups (broad SMARTS) is 1. The maximum atomic E-state index is 13.7. The van der Waals surface area contributed by atoms with Gasteiger partial charge < -0.3 is 20.9 Å². The number of amides is 1. The fraction of sp³-hybridized carbons (Fsp3) is 0.643. The maximum absolute atomic E-state index is 13.7. The molecule has 22 heavy (non-hydrogen) atoms. The number of aliphatic imine (C=N–C) groups is 1. The zero-order chi connectivity index (χ0) is 17.3. The molecule has 8 heteroatoms. The first-order valence-electron chi connectivity index (χ1n) is 6.86. The molecular formula is C14H24FN3O4. The zero-order valence-corrected chi connectivity index (χ0v) is 13.4. The Morgan fingerprint density at radius 3 is 2.50 bits per heavy atom. The first-order chi connectivity index (χ1) is 10.0. The number of nitrogens with two attached hydrogens (primary N) is 1. The summed E-state index contributed by atoms with van der Waals surface area (Å²) < 4.78 is 18.6. The van der Waals surface area contributed by atoms with Crippen LogP contribution in [0.2, 0.25) is 0 Å². The van der Waals surface area contributed by atoms with Crippen LogP contribution in [0.25, 0.3) is 0 Å². The van der Waals surface area contributed by atoms with E-state index in [1.54, 1.807) is 27.7 Å². The van der Waals surface area contributed by atoms with E-state index in [9.17, 15) is 14.0 Å². The van der Waals surface area contributed by atoms with E-state index in [2.05, 4.69) is 10.3 Å². The lowest BCUT2D eigenvalue weighted by atomic mass is 10.2. The molecule has 1 amide bonds. The number of allylic oxidation sites excluding steroid dienone is 1. The molecule has 0 aliphatic heterocycles. The van der Waals surface area contributed by atoms with Crippen molar-refractivity contribution in [1.82, 2.24) is 5.32 Å². The van der Waals surface area contributed by atoms with Gasteiger partial charge in [-0.3, -0.25) is 4.99 Å². The van der Waals surface area contributed by atoms with E-state index in [-0.39, 0.29) is 6.42 Å². The van der Waals surface area contributed by atoms with Gasteiger partial charge in [0.2, 0.25) is 0 Å². The molecule has 0 heterocycles. The second-order valence-electron chi connectivity index (χ2n) is 5.70. The van der Waals surface area contributed by atoms with Crippen LogP contribution in [0.5, 0.6) is 0 Å². The Hall–Kier alpha value is -2.12. The number of hydrogen-bond donors (Lipinski definition) is 3. The number of carboxylic acids is 1. The average Bonchev–Trinajstić information content (AvgIpc) is 2.31. The maximum Gasteiger partial charge on any atom is 0.408 e. The fourth-order valence-corrected chi connectivity index (χ4v) is 1.38. The normalized spacial score (nSPS) is 14.4. The summed E-state index contributed by atoms with van der Waals surface area (Å²) in [4.78, 5) is 26.4. The van der Waals surface area contributed by atoms with Crippen LogP contribution < -0.4 is 11.1 Å². The Morgan fingerprint density at radius 1 is 1.45 bits per heavy atom. The molecular weight excluding hydrogens is 293 g/mol. The Balaban J connectivity index is 4.55. The fourth-order valence-electron chi connectivity index (χ4n) is 1.38. The molecule has 7 nitrogen and oxygen atoms in total. The van der Waals surface area contributed by atoms with Crippen molar-refractivity contribution < 1.29 is 23.8 Å². The molecule has 1 atom stereocenters. The van der Waals surface area contributed by atoms with Crippen LogP contribution in [-0.4, -0.2) is 41.2 Å². The molecule has 0 aliphatic rings. The minimum absolute atomic E-state index is 0.0105. The summed E-state index contributed by atoms with van der Waals surface area (Å²) in [5.41, 5.74) is 4.57. The molecule has 0 radical (unpaired) electrons. The molecule has 0 aliphatic carbocycles. The van der Waals surface area contributed by atoms with Crippen LogP contribution in [0.1, 0.15) is 40.5 Å². The van der Waals surface area contributed by atoms with Gasteiger partial charge in [-0.15, -0.1) is 0 Å². The van der Waals surface area contributed by atoms with Crippen molar-refractivity contribution >= 4 is 17.9 Å². The molecule has 0 rings (SSSR count). The Morgan fingerprint density at radius 2 is 2.05 bits per heavy atom. The van der Waals surface area contributed by atoms with Crippen molar-refractivity contribution in [3.63, 3.8) is 0 Å². The van der Waals surface area contributed by atoms with Gasteiger partial charge in [-0.2, -0.15) is 0 Å². The van der Waals surface area contributed by atoms with Gasteiger partial charge in [-0.1, -0.05) is 0 Å². The number of rotatable bonds is 7. The summed E-state index contributed by atoms with van der Waals surface area (Å²) in [6.07, 6.45) is 0.310. The van der Waals surface area contributed by atoms with Crippen LogP contribution in [0.3, 0.4) is 0 Å². The number of hydrogen-bond acceptors (Lipinski definition) is 4. The van der Waals surface area contributed by atoms with Gasteiger partial charge in [-0.05, 0) is 40.2 Å². The van der Waals surface area contributed by atoms with E-state index in [0.717, 1.165) is 6.08 Å². The third-order valence-electron chi connectivity index (χ3n) is 2.22. The van der Waals surface area contributed by atoms with E-state index in [0.29, 0.717) is 18.8 Å². The van der Waals surface area contributed by atoms with Crippen LogP contribution >= 0.6 is 0 Å². The third-order valence-corrected chi connectivity index (χ3v) is 2.22. The quantitative estimate of drug-likeness (QED) is 0.377. The van der Waals surface area contributed by atoms with E-state index in [4.69, 9.17) is 15.6 Å². The summed E-state index contributed by atoms with van der Waals surface area (Å²) in [5.74, 6) is -1.62. The summed E-state index contributed by atoms with van der Waals surface area (Å²) in [6.45, 7) is 6.88. The number of alkyl carbamates (subject to hydrolysis) is 1. The Labute approximate surface area is 129 Å². The lowest BCUT2D eigenvalue weighted by molar-refractivity contribution is -0.138. The monoisotopic (exact) mass is 317 g/mol. The number of nitrogens with zero attached hydrogens (tertiary/aromatic N) is 1. The summed E-state index contributed by atoms with van der Waals surface area (Å²) in [6, 6.07) is -1.49. The van der Waals surface area contributed by atoms with Gasteiger partial charge in [0.1, 0.15) is 5.60 Å². The highest BCUT2D eigenvalue weighted by Crippen LogP contribution is 2.10. The van der Waals surface area contributed by atoms with Gasteiger partial charge in [-0.25, -0.2) is 14.0 Å². The van der Waals surface area contributed by atoms with E-state index < -0.39 is 29.5 Å². The molecule has 0 bridgehead atoms. The number of carbonyl (C=O) groups is 2. The molecule has 4 N–H and O–H groups in total. The number of nitrogens with one attached hydrogen (secondary N) is 1.